The normalized spacial score (nSPS) is 15.6. The van der Waals surface area contributed by atoms with Crippen LogP contribution in [-0.2, 0) is 4.74 Å². The van der Waals surface area contributed by atoms with Crippen molar-refractivity contribution < 1.29 is 19.4 Å². The number of para-hydroxylation sites is 2. The topological polar surface area (TPSA) is 87.7 Å². The van der Waals surface area contributed by atoms with Crippen LogP contribution in [0.4, 0.5) is 11.4 Å². The van der Waals surface area contributed by atoms with Crippen LogP contribution in [0.15, 0.2) is 48.6 Å². The Hall–Kier alpha value is -3.54. The molecule has 2 aliphatic rings. The Kier molecular flexibility index (Phi) is 8.09. The summed E-state index contributed by atoms with van der Waals surface area (Å²) >= 11 is 0. The zero-order chi connectivity index (χ0) is 24.8. The van der Waals surface area contributed by atoms with Crippen molar-refractivity contribution in [3.8, 4) is 0 Å². The van der Waals surface area contributed by atoms with E-state index in [9.17, 15) is 9.59 Å². The second-order valence-corrected chi connectivity index (χ2v) is 8.70. The Balaban J connectivity index is 0.000000218. The lowest BCUT2D eigenvalue weighted by Gasteiger charge is -2.30. The molecule has 4 rings (SSSR count). The van der Waals surface area contributed by atoms with E-state index in [0.717, 1.165) is 16.8 Å². The van der Waals surface area contributed by atoms with Crippen LogP contribution < -0.4 is 10.6 Å². The average molecular weight is 451 g/mol. The SMILES string of the molecule is CC.CC1(C)C=Cc2cccc(C(=O)O)c2N1.COC(=O)c1cccc2c1NC(C)(C)C=C2. The van der Waals surface area contributed by atoms with Crippen LogP contribution >= 0.6 is 0 Å². The number of rotatable bonds is 2. The maximum absolute atomic E-state index is 11.6. The van der Waals surface area contributed by atoms with E-state index in [1.165, 1.54) is 7.11 Å². The fourth-order valence-corrected chi connectivity index (χ4v) is 3.48. The predicted octanol–water partition coefficient (Wildman–Crippen LogP) is 6.32. The van der Waals surface area contributed by atoms with Gasteiger partial charge in [0.25, 0.3) is 0 Å². The van der Waals surface area contributed by atoms with Gasteiger partial charge in [0.2, 0.25) is 0 Å². The third-order valence-electron chi connectivity index (χ3n) is 5.08. The predicted molar refractivity (Wildman–Crippen MR) is 136 cm³/mol. The number of carboxylic acids is 1. The summed E-state index contributed by atoms with van der Waals surface area (Å²) in [5.41, 5.74) is 4.06. The van der Waals surface area contributed by atoms with Crippen LogP contribution in [-0.4, -0.2) is 35.2 Å². The molecule has 6 heteroatoms. The highest BCUT2D eigenvalue weighted by Crippen LogP contribution is 2.32. The third-order valence-corrected chi connectivity index (χ3v) is 5.08. The monoisotopic (exact) mass is 450 g/mol. The minimum atomic E-state index is -0.898. The van der Waals surface area contributed by atoms with Gasteiger partial charge < -0.3 is 20.5 Å². The number of ether oxygens (including phenoxy) is 1. The van der Waals surface area contributed by atoms with Gasteiger partial charge in [-0.25, -0.2) is 9.59 Å². The van der Waals surface area contributed by atoms with E-state index in [1.807, 2.05) is 64.1 Å². The van der Waals surface area contributed by atoms with Gasteiger partial charge in [0.15, 0.2) is 0 Å². The number of carbonyl (C=O) groups excluding carboxylic acids is 1. The lowest BCUT2D eigenvalue weighted by molar-refractivity contribution is 0.0600. The first-order chi connectivity index (χ1) is 15.5. The molecule has 0 fully saturated rings. The molecule has 2 aliphatic heterocycles. The zero-order valence-corrected chi connectivity index (χ0v) is 20.4. The minimum Gasteiger partial charge on any atom is -0.478 e. The second kappa shape index (κ2) is 10.4. The van der Waals surface area contributed by atoms with Crippen LogP contribution in [0.2, 0.25) is 0 Å². The number of aromatic carboxylic acids is 1. The van der Waals surface area contributed by atoms with Crippen molar-refractivity contribution in [2.24, 2.45) is 0 Å². The summed E-state index contributed by atoms with van der Waals surface area (Å²) in [6.45, 7) is 12.1. The van der Waals surface area contributed by atoms with Gasteiger partial charge in [0.1, 0.15) is 0 Å². The quantitative estimate of drug-likeness (QED) is 0.464. The average Bonchev–Trinajstić information content (AvgIpc) is 2.78. The van der Waals surface area contributed by atoms with Crippen LogP contribution in [0.5, 0.6) is 0 Å². The van der Waals surface area contributed by atoms with Crippen LogP contribution in [0.1, 0.15) is 73.4 Å². The van der Waals surface area contributed by atoms with Gasteiger partial charge in [-0.3, -0.25) is 0 Å². The molecule has 0 amide bonds. The van der Waals surface area contributed by atoms with E-state index in [1.54, 1.807) is 18.2 Å². The fourth-order valence-electron chi connectivity index (χ4n) is 3.48. The molecule has 6 nitrogen and oxygen atoms in total. The number of nitrogens with one attached hydrogen (secondary N) is 2. The van der Waals surface area contributed by atoms with Crippen LogP contribution in [0, 0.1) is 0 Å². The molecule has 0 radical (unpaired) electrons. The third kappa shape index (κ3) is 6.25. The molecule has 2 aromatic rings. The van der Waals surface area contributed by atoms with E-state index in [0.29, 0.717) is 16.8 Å². The lowest BCUT2D eigenvalue weighted by Crippen LogP contribution is -2.31. The summed E-state index contributed by atoms with van der Waals surface area (Å²) in [5, 5.41) is 15.6. The molecule has 0 aliphatic carbocycles. The van der Waals surface area contributed by atoms with Crippen molar-refractivity contribution >= 4 is 35.5 Å². The Morgan fingerprint density at radius 3 is 1.64 bits per heavy atom. The largest absolute Gasteiger partial charge is 0.478 e. The number of anilines is 2. The van der Waals surface area contributed by atoms with E-state index in [2.05, 4.69) is 30.6 Å². The molecule has 0 atom stereocenters. The number of benzene rings is 2. The van der Waals surface area contributed by atoms with Gasteiger partial charge in [0, 0.05) is 0 Å². The second-order valence-electron chi connectivity index (χ2n) is 8.70. The molecule has 0 saturated carbocycles. The van der Waals surface area contributed by atoms with E-state index >= 15 is 0 Å². The first-order valence-corrected chi connectivity index (χ1v) is 11.1. The van der Waals surface area contributed by atoms with E-state index in [-0.39, 0.29) is 17.0 Å². The summed E-state index contributed by atoms with van der Waals surface area (Å²) < 4.78 is 4.77. The van der Waals surface area contributed by atoms with Gasteiger partial charge in [-0.15, -0.1) is 0 Å². The molecule has 0 spiro atoms. The van der Waals surface area contributed by atoms with E-state index < -0.39 is 5.97 Å². The number of hydrogen-bond donors (Lipinski definition) is 3. The summed E-state index contributed by atoms with van der Waals surface area (Å²) in [5.74, 6) is -1.21. The maximum Gasteiger partial charge on any atom is 0.339 e. The van der Waals surface area contributed by atoms with Crippen molar-refractivity contribution in [3.05, 3.63) is 70.8 Å². The molecule has 2 heterocycles. The zero-order valence-electron chi connectivity index (χ0n) is 20.4. The molecular formula is C27H34N2O4. The summed E-state index contributed by atoms with van der Waals surface area (Å²) in [7, 11) is 1.39. The smallest absolute Gasteiger partial charge is 0.339 e. The highest BCUT2D eigenvalue weighted by Gasteiger charge is 2.24. The van der Waals surface area contributed by atoms with Crippen molar-refractivity contribution in [1.82, 2.24) is 0 Å². The maximum atomic E-state index is 11.6. The van der Waals surface area contributed by atoms with Crippen molar-refractivity contribution in [2.45, 2.75) is 52.6 Å². The van der Waals surface area contributed by atoms with Gasteiger partial charge in [0.05, 0.1) is 40.7 Å². The number of hydrogen-bond acceptors (Lipinski definition) is 5. The molecule has 0 saturated heterocycles. The Morgan fingerprint density at radius 1 is 0.788 bits per heavy atom. The molecule has 33 heavy (non-hydrogen) atoms. The standard InChI is InChI=1S/C13H15NO2.C12H13NO2.C2H6/c1-13(2)8-7-9-5-4-6-10(11(9)14-13)12(15)16-3;1-12(2)7-6-8-4-3-5-9(11(14)15)10(8)13-12;1-2/h4-8,14H,1-3H3;3-7,13H,1-2H3,(H,14,15);1-2H3. The van der Waals surface area contributed by atoms with Gasteiger partial charge >= 0.3 is 11.9 Å². The number of methoxy groups -OCH3 is 1. The molecule has 176 valence electrons. The number of carboxylic acid groups (broad SMARTS) is 1. The van der Waals surface area contributed by atoms with Gasteiger partial charge in [-0.2, -0.15) is 0 Å². The minimum absolute atomic E-state index is 0.142. The van der Waals surface area contributed by atoms with Crippen molar-refractivity contribution in [3.63, 3.8) is 0 Å². The lowest BCUT2D eigenvalue weighted by atomic mass is 9.94. The fraction of sp³-hybridized carbons (Fsp3) is 0.333. The summed E-state index contributed by atoms with van der Waals surface area (Å²) in [4.78, 5) is 22.6. The van der Waals surface area contributed by atoms with Crippen LogP contribution in [0.3, 0.4) is 0 Å². The van der Waals surface area contributed by atoms with Crippen LogP contribution in [0.25, 0.3) is 12.2 Å². The molecule has 0 bridgehead atoms. The number of esters is 1. The van der Waals surface area contributed by atoms with Gasteiger partial charge in [-0.05, 0) is 51.0 Å². The number of carbonyl (C=O) groups is 2. The molecule has 0 unspecified atom stereocenters. The van der Waals surface area contributed by atoms with E-state index in [4.69, 9.17) is 9.84 Å². The van der Waals surface area contributed by atoms with Gasteiger partial charge in [-0.1, -0.05) is 62.4 Å². The molecular weight excluding hydrogens is 416 g/mol. The molecule has 2 aromatic carbocycles. The summed E-state index contributed by atoms with van der Waals surface area (Å²) in [6.07, 6.45) is 8.09. The first kappa shape index (κ1) is 25.7. The summed E-state index contributed by atoms with van der Waals surface area (Å²) in [6, 6.07) is 10.9. The molecule has 0 aromatic heterocycles. The van der Waals surface area contributed by atoms with Crippen molar-refractivity contribution in [2.75, 3.05) is 17.7 Å². The highest BCUT2D eigenvalue weighted by atomic mass is 16.5. The first-order valence-electron chi connectivity index (χ1n) is 11.1. The molecule has 3 N–H and O–H groups in total. The Morgan fingerprint density at radius 2 is 1.21 bits per heavy atom. The Labute approximate surface area is 196 Å². The Bertz CT molecular complexity index is 1080. The van der Waals surface area contributed by atoms with Crippen molar-refractivity contribution in [1.29, 1.82) is 0 Å². The highest BCUT2D eigenvalue weighted by molar-refractivity contribution is 5.99. The number of fused-ring (bicyclic) bond motifs is 2.